The van der Waals surface area contributed by atoms with Crippen LogP contribution in [0, 0.1) is 6.92 Å². The molecule has 114 valence electrons. The van der Waals surface area contributed by atoms with E-state index >= 15 is 0 Å². The molecule has 0 saturated carbocycles. The molecule has 0 aliphatic carbocycles. The molecule has 0 aliphatic rings. The van der Waals surface area contributed by atoms with Gasteiger partial charge in [0.15, 0.2) is 6.10 Å². The fourth-order valence-electron chi connectivity index (χ4n) is 2.20. The number of hydrogen-bond acceptors (Lipinski definition) is 4. The zero-order valence-corrected chi connectivity index (χ0v) is 12.8. The van der Waals surface area contributed by atoms with Crippen molar-refractivity contribution in [1.82, 2.24) is 0 Å². The summed E-state index contributed by atoms with van der Waals surface area (Å²) in [5.41, 5.74) is 2.80. The Kier molecular flexibility index (Phi) is 4.94. The first-order chi connectivity index (χ1) is 10.5. The Morgan fingerprint density at radius 3 is 2.14 bits per heavy atom. The average Bonchev–Trinajstić information content (AvgIpc) is 2.45. The lowest BCUT2D eigenvalue weighted by Crippen LogP contribution is -2.10. The summed E-state index contributed by atoms with van der Waals surface area (Å²) < 4.78 is 10.5. The van der Waals surface area contributed by atoms with Gasteiger partial charge in [0.1, 0.15) is 5.75 Å². The van der Waals surface area contributed by atoms with E-state index in [2.05, 4.69) is 0 Å². The quantitative estimate of drug-likeness (QED) is 0.639. The summed E-state index contributed by atoms with van der Waals surface area (Å²) in [5, 5.41) is 0. The molecule has 2 rings (SSSR count). The minimum Gasteiger partial charge on any atom is -0.453 e. The molecule has 0 N–H and O–H groups in total. The van der Waals surface area contributed by atoms with E-state index in [4.69, 9.17) is 9.47 Å². The standard InChI is InChI=1S/C18H18O4/c1-12-5-4-6-16(11-12)18(22-14(3)20)15-7-9-17(10-8-15)21-13(2)19/h4-11,18H,1-3H3. The molecule has 0 spiro atoms. The number of carbonyl (C=O) groups excluding carboxylic acids is 2. The van der Waals surface area contributed by atoms with Gasteiger partial charge in [-0.15, -0.1) is 0 Å². The minimum atomic E-state index is -0.483. The van der Waals surface area contributed by atoms with Crippen LogP contribution in [-0.2, 0) is 14.3 Å². The zero-order chi connectivity index (χ0) is 16.1. The monoisotopic (exact) mass is 298 g/mol. The van der Waals surface area contributed by atoms with E-state index in [9.17, 15) is 9.59 Å². The number of aryl methyl sites for hydroxylation is 1. The zero-order valence-electron chi connectivity index (χ0n) is 12.8. The molecular formula is C18H18O4. The van der Waals surface area contributed by atoms with Crippen LogP contribution in [0.5, 0.6) is 5.75 Å². The molecule has 4 nitrogen and oxygen atoms in total. The lowest BCUT2D eigenvalue weighted by molar-refractivity contribution is -0.144. The number of benzene rings is 2. The largest absolute Gasteiger partial charge is 0.453 e. The molecule has 22 heavy (non-hydrogen) atoms. The molecule has 0 amide bonds. The lowest BCUT2D eigenvalue weighted by atomic mass is 9.99. The minimum absolute atomic E-state index is 0.351. The number of carbonyl (C=O) groups is 2. The molecule has 2 aromatic rings. The number of ether oxygens (including phenoxy) is 2. The predicted octanol–water partition coefficient (Wildman–Crippen LogP) is 3.57. The van der Waals surface area contributed by atoms with Gasteiger partial charge >= 0.3 is 11.9 Å². The van der Waals surface area contributed by atoms with Gasteiger partial charge in [-0.05, 0) is 30.2 Å². The van der Waals surface area contributed by atoms with Crippen molar-refractivity contribution in [1.29, 1.82) is 0 Å². The summed E-state index contributed by atoms with van der Waals surface area (Å²) in [6.45, 7) is 4.72. The third kappa shape index (κ3) is 4.19. The Labute approximate surface area is 129 Å². The van der Waals surface area contributed by atoms with Gasteiger partial charge in [0.05, 0.1) is 0 Å². The summed E-state index contributed by atoms with van der Waals surface area (Å²) in [7, 11) is 0. The van der Waals surface area contributed by atoms with Crippen molar-refractivity contribution in [2.75, 3.05) is 0 Å². The number of esters is 2. The Morgan fingerprint density at radius 2 is 1.59 bits per heavy atom. The first-order valence-electron chi connectivity index (χ1n) is 6.98. The Morgan fingerprint density at radius 1 is 0.909 bits per heavy atom. The van der Waals surface area contributed by atoms with Crippen LogP contribution in [0.25, 0.3) is 0 Å². The molecule has 4 heteroatoms. The van der Waals surface area contributed by atoms with Crippen LogP contribution < -0.4 is 4.74 Å². The van der Waals surface area contributed by atoms with Crippen molar-refractivity contribution >= 4 is 11.9 Å². The summed E-state index contributed by atoms with van der Waals surface area (Å²) in [6, 6.07) is 14.7. The van der Waals surface area contributed by atoms with Gasteiger partial charge in [0.25, 0.3) is 0 Å². The maximum atomic E-state index is 11.4. The van der Waals surface area contributed by atoms with Crippen molar-refractivity contribution in [3.05, 3.63) is 65.2 Å². The van der Waals surface area contributed by atoms with Crippen LogP contribution >= 0.6 is 0 Å². The van der Waals surface area contributed by atoms with Crippen molar-refractivity contribution in [3.63, 3.8) is 0 Å². The Balaban J connectivity index is 2.33. The van der Waals surface area contributed by atoms with Gasteiger partial charge in [-0.25, -0.2) is 0 Å². The van der Waals surface area contributed by atoms with Crippen molar-refractivity contribution in [2.45, 2.75) is 26.9 Å². The highest BCUT2D eigenvalue weighted by Crippen LogP contribution is 2.28. The number of rotatable bonds is 4. The molecule has 0 heterocycles. The highest BCUT2D eigenvalue weighted by molar-refractivity contribution is 5.69. The Hall–Kier alpha value is -2.62. The summed E-state index contributed by atoms with van der Waals surface area (Å²) in [5.74, 6) is -0.263. The second-order valence-electron chi connectivity index (χ2n) is 5.07. The second-order valence-corrected chi connectivity index (χ2v) is 5.07. The van der Waals surface area contributed by atoms with E-state index in [1.807, 2.05) is 31.2 Å². The smallest absolute Gasteiger partial charge is 0.308 e. The predicted molar refractivity (Wildman–Crippen MR) is 82.5 cm³/mol. The van der Waals surface area contributed by atoms with Crippen molar-refractivity contribution in [2.24, 2.45) is 0 Å². The fraction of sp³-hybridized carbons (Fsp3) is 0.222. The van der Waals surface area contributed by atoms with E-state index in [0.717, 1.165) is 16.7 Å². The molecule has 0 radical (unpaired) electrons. The fourth-order valence-corrected chi connectivity index (χ4v) is 2.20. The molecular weight excluding hydrogens is 280 g/mol. The molecule has 0 aromatic heterocycles. The van der Waals surface area contributed by atoms with Crippen LogP contribution in [0.3, 0.4) is 0 Å². The summed E-state index contributed by atoms with van der Waals surface area (Å²) in [6.07, 6.45) is -0.483. The third-order valence-electron chi connectivity index (χ3n) is 3.07. The van der Waals surface area contributed by atoms with Crippen LogP contribution in [-0.4, -0.2) is 11.9 Å². The van der Waals surface area contributed by atoms with E-state index in [0.29, 0.717) is 5.75 Å². The molecule has 0 saturated heterocycles. The van der Waals surface area contributed by atoms with Gasteiger partial charge < -0.3 is 9.47 Å². The lowest BCUT2D eigenvalue weighted by Gasteiger charge is -2.18. The highest BCUT2D eigenvalue weighted by atomic mass is 16.5. The summed E-state index contributed by atoms with van der Waals surface area (Å²) >= 11 is 0. The summed E-state index contributed by atoms with van der Waals surface area (Å²) in [4.78, 5) is 22.4. The molecule has 1 unspecified atom stereocenters. The molecule has 1 atom stereocenters. The maximum Gasteiger partial charge on any atom is 0.308 e. The van der Waals surface area contributed by atoms with Gasteiger partial charge in [-0.3, -0.25) is 9.59 Å². The van der Waals surface area contributed by atoms with Crippen molar-refractivity contribution < 1.29 is 19.1 Å². The van der Waals surface area contributed by atoms with Crippen LogP contribution in [0.2, 0.25) is 0 Å². The van der Waals surface area contributed by atoms with Crippen LogP contribution in [0.4, 0.5) is 0 Å². The topological polar surface area (TPSA) is 52.6 Å². The van der Waals surface area contributed by atoms with Crippen LogP contribution in [0.15, 0.2) is 48.5 Å². The van der Waals surface area contributed by atoms with E-state index in [1.165, 1.54) is 13.8 Å². The van der Waals surface area contributed by atoms with Crippen LogP contribution in [0.1, 0.15) is 36.6 Å². The first kappa shape index (κ1) is 15.8. The molecule has 0 bridgehead atoms. The molecule has 2 aromatic carbocycles. The maximum absolute atomic E-state index is 11.4. The first-order valence-corrected chi connectivity index (χ1v) is 6.98. The second kappa shape index (κ2) is 6.89. The van der Waals surface area contributed by atoms with Gasteiger partial charge in [-0.1, -0.05) is 42.0 Å². The molecule has 0 fully saturated rings. The Bertz CT molecular complexity index is 674. The van der Waals surface area contributed by atoms with Gasteiger partial charge in [0, 0.05) is 13.8 Å². The van der Waals surface area contributed by atoms with E-state index < -0.39 is 6.10 Å². The van der Waals surface area contributed by atoms with Gasteiger partial charge in [0.2, 0.25) is 0 Å². The average molecular weight is 298 g/mol. The van der Waals surface area contributed by atoms with E-state index in [1.54, 1.807) is 24.3 Å². The SMILES string of the molecule is CC(=O)Oc1ccc(C(OC(C)=O)c2cccc(C)c2)cc1. The third-order valence-corrected chi connectivity index (χ3v) is 3.07. The van der Waals surface area contributed by atoms with E-state index in [-0.39, 0.29) is 11.9 Å². The number of hydrogen-bond donors (Lipinski definition) is 0. The van der Waals surface area contributed by atoms with Crippen molar-refractivity contribution in [3.8, 4) is 5.75 Å². The highest BCUT2D eigenvalue weighted by Gasteiger charge is 2.17. The molecule has 0 aliphatic heterocycles. The normalized spacial score (nSPS) is 11.6. The van der Waals surface area contributed by atoms with Gasteiger partial charge in [-0.2, -0.15) is 0 Å².